The van der Waals surface area contributed by atoms with E-state index >= 15 is 0 Å². The van der Waals surface area contributed by atoms with E-state index in [1.807, 2.05) is 18.2 Å². The van der Waals surface area contributed by atoms with E-state index in [-0.39, 0.29) is 12.0 Å². The lowest BCUT2D eigenvalue weighted by molar-refractivity contribution is -0.141. The van der Waals surface area contributed by atoms with Crippen molar-refractivity contribution >= 4 is 5.97 Å². The zero-order valence-electron chi connectivity index (χ0n) is 10.2. The van der Waals surface area contributed by atoms with Gasteiger partial charge in [-0.05, 0) is 12.0 Å². The maximum absolute atomic E-state index is 11.3. The summed E-state index contributed by atoms with van der Waals surface area (Å²) in [6.45, 7) is 4.35. The van der Waals surface area contributed by atoms with E-state index in [9.17, 15) is 4.79 Å². The number of rotatable bonds is 7. The molecule has 0 aliphatic carbocycles. The number of carbonyl (C=O) groups is 1. The molecule has 1 N–H and O–H groups in total. The molecule has 1 atom stereocenters. The molecule has 1 unspecified atom stereocenters. The van der Waals surface area contributed by atoms with Gasteiger partial charge in [-0.15, -0.1) is 6.58 Å². The number of esters is 1. The number of hydrogen-bond acceptors (Lipinski definition) is 3. The molecule has 0 aliphatic heterocycles. The summed E-state index contributed by atoms with van der Waals surface area (Å²) in [4.78, 5) is 11.3. The van der Waals surface area contributed by atoms with Gasteiger partial charge in [0.05, 0.1) is 13.5 Å². The van der Waals surface area contributed by atoms with Gasteiger partial charge in [0.2, 0.25) is 0 Å². The number of methoxy groups -OCH3 is 1. The van der Waals surface area contributed by atoms with Gasteiger partial charge in [0.25, 0.3) is 0 Å². The molecule has 0 saturated heterocycles. The minimum atomic E-state index is -0.192. The number of nitrogens with one attached hydrogen (secondary N) is 1. The number of benzene rings is 1. The van der Waals surface area contributed by atoms with Gasteiger partial charge in [0, 0.05) is 12.6 Å². The fraction of sp³-hybridized carbons (Fsp3) is 0.357. The normalized spacial score (nSPS) is 11.8. The first-order chi connectivity index (χ1) is 8.26. The summed E-state index contributed by atoms with van der Waals surface area (Å²) in [5.74, 6) is -0.192. The Hall–Kier alpha value is -1.61. The average molecular weight is 233 g/mol. The van der Waals surface area contributed by atoms with E-state index in [0.29, 0.717) is 13.0 Å². The summed E-state index contributed by atoms with van der Waals surface area (Å²) in [6.07, 6.45) is 2.97. The van der Waals surface area contributed by atoms with Gasteiger partial charge in [-0.1, -0.05) is 36.4 Å². The topological polar surface area (TPSA) is 38.3 Å². The highest BCUT2D eigenvalue weighted by Crippen LogP contribution is 2.06. The zero-order valence-corrected chi connectivity index (χ0v) is 10.2. The molecule has 17 heavy (non-hydrogen) atoms. The van der Waals surface area contributed by atoms with E-state index in [1.165, 1.54) is 12.7 Å². The second-order valence-corrected chi connectivity index (χ2v) is 3.86. The van der Waals surface area contributed by atoms with Crippen molar-refractivity contribution in [3.8, 4) is 0 Å². The molecule has 0 saturated carbocycles. The first-order valence-electron chi connectivity index (χ1n) is 5.71. The van der Waals surface area contributed by atoms with Gasteiger partial charge in [0.1, 0.15) is 0 Å². The van der Waals surface area contributed by atoms with Crippen LogP contribution in [0.2, 0.25) is 0 Å². The third-order valence-electron chi connectivity index (χ3n) is 2.52. The average Bonchev–Trinajstić information content (AvgIpc) is 2.37. The third-order valence-corrected chi connectivity index (χ3v) is 2.52. The first-order valence-corrected chi connectivity index (χ1v) is 5.71. The summed E-state index contributed by atoms with van der Waals surface area (Å²) in [7, 11) is 1.41. The van der Waals surface area contributed by atoms with Gasteiger partial charge < -0.3 is 10.1 Å². The van der Waals surface area contributed by atoms with E-state index in [2.05, 4.69) is 24.0 Å². The Morgan fingerprint density at radius 2 is 2.18 bits per heavy atom. The summed E-state index contributed by atoms with van der Waals surface area (Å²) in [6, 6.07) is 10.2. The maximum Gasteiger partial charge on any atom is 0.307 e. The van der Waals surface area contributed by atoms with Crippen molar-refractivity contribution in [1.29, 1.82) is 0 Å². The van der Waals surface area contributed by atoms with Crippen molar-refractivity contribution in [2.75, 3.05) is 13.7 Å². The number of hydrogen-bond donors (Lipinski definition) is 1. The first kappa shape index (κ1) is 13.5. The van der Waals surface area contributed by atoms with Crippen LogP contribution in [0.4, 0.5) is 0 Å². The molecule has 0 aliphatic rings. The highest BCUT2D eigenvalue weighted by molar-refractivity contribution is 5.70. The molecule has 0 fully saturated rings. The third kappa shape index (κ3) is 5.31. The Kier molecular flexibility index (Phi) is 6.04. The lowest BCUT2D eigenvalue weighted by atomic mass is 10.0. The maximum atomic E-state index is 11.3. The second-order valence-electron chi connectivity index (χ2n) is 3.86. The van der Waals surface area contributed by atoms with Crippen LogP contribution in [0.5, 0.6) is 0 Å². The van der Waals surface area contributed by atoms with Gasteiger partial charge in [-0.25, -0.2) is 0 Å². The Morgan fingerprint density at radius 3 is 2.76 bits per heavy atom. The molecule has 92 valence electrons. The van der Waals surface area contributed by atoms with Gasteiger partial charge in [0.15, 0.2) is 0 Å². The largest absolute Gasteiger partial charge is 0.469 e. The van der Waals surface area contributed by atoms with Gasteiger partial charge in [-0.3, -0.25) is 4.79 Å². The van der Waals surface area contributed by atoms with E-state index in [4.69, 9.17) is 4.74 Å². The van der Waals surface area contributed by atoms with Gasteiger partial charge >= 0.3 is 5.97 Å². The lowest BCUT2D eigenvalue weighted by Gasteiger charge is -2.16. The van der Waals surface area contributed by atoms with Gasteiger partial charge in [-0.2, -0.15) is 0 Å². The SMILES string of the molecule is C=CCNC(CC(=O)OC)Cc1ccccc1. The Balaban J connectivity index is 2.56. The summed E-state index contributed by atoms with van der Waals surface area (Å²) in [5, 5.41) is 3.26. The molecule has 1 aromatic carbocycles. The number of carbonyl (C=O) groups excluding carboxylic acids is 1. The van der Waals surface area contributed by atoms with Crippen LogP contribution in [0.15, 0.2) is 43.0 Å². The van der Waals surface area contributed by atoms with E-state index < -0.39 is 0 Å². The highest BCUT2D eigenvalue weighted by Gasteiger charge is 2.13. The zero-order chi connectivity index (χ0) is 12.5. The molecule has 1 rings (SSSR count). The van der Waals surface area contributed by atoms with E-state index in [1.54, 1.807) is 6.08 Å². The second kappa shape index (κ2) is 7.63. The van der Waals surface area contributed by atoms with Crippen LogP contribution >= 0.6 is 0 Å². The molecule has 3 heteroatoms. The van der Waals surface area contributed by atoms with E-state index in [0.717, 1.165) is 6.42 Å². The molecular weight excluding hydrogens is 214 g/mol. The molecule has 3 nitrogen and oxygen atoms in total. The Bertz CT molecular complexity index is 348. The molecule has 0 amide bonds. The minimum Gasteiger partial charge on any atom is -0.469 e. The standard InChI is InChI=1S/C14H19NO2/c1-3-9-15-13(11-14(16)17-2)10-12-7-5-4-6-8-12/h3-8,13,15H,1,9-11H2,2H3. The molecule has 0 heterocycles. The van der Waals surface area contributed by atoms with Crippen molar-refractivity contribution < 1.29 is 9.53 Å². The molecule has 0 bridgehead atoms. The fourth-order valence-electron chi connectivity index (χ4n) is 1.65. The van der Waals surface area contributed by atoms with Crippen molar-refractivity contribution in [3.63, 3.8) is 0 Å². The van der Waals surface area contributed by atoms with Crippen molar-refractivity contribution in [3.05, 3.63) is 48.6 Å². The molecular formula is C14H19NO2. The molecule has 0 radical (unpaired) electrons. The highest BCUT2D eigenvalue weighted by atomic mass is 16.5. The predicted molar refractivity (Wildman–Crippen MR) is 68.8 cm³/mol. The molecule has 0 aromatic heterocycles. The monoisotopic (exact) mass is 233 g/mol. The predicted octanol–water partition coefficient (Wildman–Crippen LogP) is 1.94. The van der Waals surface area contributed by atoms with Crippen LogP contribution < -0.4 is 5.32 Å². The van der Waals surface area contributed by atoms with Crippen LogP contribution in [0.3, 0.4) is 0 Å². The van der Waals surface area contributed by atoms with Crippen molar-refractivity contribution in [1.82, 2.24) is 5.32 Å². The molecule has 1 aromatic rings. The van der Waals surface area contributed by atoms with Crippen LogP contribution in [0.1, 0.15) is 12.0 Å². The minimum absolute atomic E-state index is 0.0860. The van der Waals surface area contributed by atoms with Crippen molar-refractivity contribution in [2.24, 2.45) is 0 Å². The van der Waals surface area contributed by atoms with Crippen LogP contribution in [0, 0.1) is 0 Å². The molecule has 0 spiro atoms. The lowest BCUT2D eigenvalue weighted by Crippen LogP contribution is -2.33. The van der Waals surface area contributed by atoms with Crippen molar-refractivity contribution in [2.45, 2.75) is 18.9 Å². The van der Waals surface area contributed by atoms with Crippen LogP contribution in [-0.2, 0) is 16.0 Å². The number of ether oxygens (including phenoxy) is 1. The Morgan fingerprint density at radius 1 is 1.47 bits per heavy atom. The summed E-state index contributed by atoms with van der Waals surface area (Å²) in [5.41, 5.74) is 1.21. The fourth-order valence-corrected chi connectivity index (χ4v) is 1.65. The summed E-state index contributed by atoms with van der Waals surface area (Å²) < 4.78 is 4.69. The quantitative estimate of drug-likeness (QED) is 0.578. The summed E-state index contributed by atoms with van der Waals surface area (Å²) >= 11 is 0. The van der Waals surface area contributed by atoms with Crippen LogP contribution in [-0.4, -0.2) is 25.7 Å². The smallest absolute Gasteiger partial charge is 0.307 e. The Labute approximate surface area is 102 Å². The van der Waals surface area contributed by atoms with Crippen LogP contribution in [0.25, 0.3) is 0 Å².